The van der Waals surface area contributed by atoms with Crippen LogP contribution in [-0.2, 0) is 4.79 Å². The minimum absolute atomic E-state index is 0.139. The van der Waals surface area contributed by atoms with Crippen LogP contribution in [0.4, 0.5) is 0 Å². The molecule has 104 valence electrons. The van der Waals surface area contributed by atoms with Crippen molar-refractivity contribution < 1.29 is 4.79 Å². The molecule has 1 saturated heterocycles. The van der Waals surface area contributed by atoms with E-state index in [1.165, 1.54) is 6.42 Å². The molecule has 1 aliphatic heterocycles. The Morgan fingerprint density at radius 1 is 1.44 bits per heavy atom. The van der Waals surface area contributed by atoms with Gasteiger partial charge in [-0.15, -0.1) is 0 Å². The maximum Gasteiger partial charge on any atom is 0.223 e. The second kappa shape index (κ2) is 6.07. The van der Waals surface area contributed by atoms with Gasteiger partial charge in [-0.1, -0.05) is 13.8 Å². The van der Waals surface area contributed by atoms with Crippen LogP contribution in [0.15, 0.2) is 4.99 Å². The van der Waals surface area contributed by atoms with E-state index in [0.29, 0.717) is 18.4 Å². The molecule has 1 heterocycles. The molecule has 18 heavy (non-hydrogen) atoms. The lowest BCUT2D eigenvalue weighted by atomic mass is 9.93. The van der Waals surface area contributed by atoms with Crippen molar-refractivity contribution in [2.24, 2.45) is 10.4 Å². The number of guanidine groups is 1. The molecule has 0 aliphatic carbocycles. The molecule has 1 rings (SSSR count). The first-order valence-corrected chi connectivity index (χ1v) is 6.51. The summed E-state index contributed by atoms with van der Waals surface area (Å²) in [4.78, 5) is 19.6. The standard InChI is InChI=1S/C13H26N4O/c1-13(2)7-9-17(10-13)12(14-3)15-8-6-11(18)16(4)5/h6-10H2,1-5H3,(H,14,15). The minimum Gasteiger partial charge on any atom is -0.356 e. The molecular weight excluding hydrogens is 228 g/mol. The van der Waals surface area contributed by atoms with Crippen LogP contribution in [0.1, 0.15) is 26.7 Å². The fourth-order valence-corrected chi connectivity index (χ4v) is 2.13. The topological polar surface area (TPSA) is 47.9 Å². The van der Waals surface area contributed by atoms with E-state index in [1.54, 1.807) is 26.0 Å². The van der Waals surface area contributed by atoms with Crippen molar-refractivity contribution in [2.45, 2.75) is 26.7 Å². The van der Waals surface area contributed by atoms with Crippen molar-refractivity contribution >= 4 is 11.9 Å². The quantitative estimate of drug-likeness (QED) is 0.598. The number of rotatable bonds is 3. The van der Waals surface area contributed by atoms with Crippen LogP contribution in [0.3, 0.4) is 0 Å². The fraction of sp³-hybridized carbons (Fsp3) is 0.846. The third kappa shape index (κ3) is 4.20. The third-order valence-electron chi connectivity index (χ3n) is 3.31. The van der Waals surface area contributed by atoms with E-state index in [2.05, 4.69) is 29.1 Å². The van der Waals surface area contributed by atoms with Crippen molar-refractivity contribution in [3.63, 3.8) is 0 Å². The largest absolute Gasteiger partial charge is 0.356 e. The third-order valence-corrected chi connectivity index (χ3v) is 3.31. The molecule has 0 unspecified atom stereocenters. The molecule has 5 heteroatoms. The predicted molar refractivity (Wildman–Crippen MR) is 74.6 cm³/mol. The summed E-state index contributed by atoms with van der Waals surface area (Å²) in [5.74, 6) is 1.05. The molecule has 0 saturated carbocycles. The highest BCUT2D eigenvalue weighted by Gasteiger charge is 2.30. The number of aliphatic imine (C=N–C) groups is 1. The van der Waals surface area contributed by atoms with E-state index >= 15 is 0 Å². The molecule has 0 bridgehead atoms. The molecule has 1 fully saturated rings. The van der Waals surface area contributed by atoms with Gasteiger partial charge in [0.25, 0.3) is 0 Å². The van der Waals surface area contributed by atoms with Gasteiger partial charge in [0.05, 0.1) is 0 Å². The molecule has 1 aliphatic rings. The molecule has 0 aromatic carbocycles. The summed E-state index contributed by atoms with van der Waals surface area (Å²) < 4.78 is 0. The van der Waals surface area contributed by atoms with Gasteiger partial charge >= 0.3 is 0 Å². The van der Waals surface area contributed by atoms with Gasteiger partial charge in [-0.05, 0) is 11.8 Å². The summed E-state index contributed by atoms with van der Waals surface area (Å²) in [5, 5.41) is 3.26. The van der Waals surface area contributed by atoms with Gasteiger partial charge in [-0.2, -0.15) is 0 Å². The van der Waals surface area contributed by atoms with E-state index < -0.39 is 0 Å². The molecule has 0 aromatic rings. The van der Waals surface area contributed by atoms with Crippen LogP contribution in [0.25, 0.3) is 0 Å². The first kappa shape index (κ1) is 14.8. The summed E-state index contributed by atoms with van der Waals surface area (Å²) >= 11 is 0. The number of amides is 1. The van der Waals surface area contributed by atoms with Gasteiger partial charge < -0.3 is 15.1 Å². The summed E-state index contributed by atoms with van der Waals surface area (Å²) in [6, 6.07) is 0. The van der Waals surface area contributed by atoms with Crippen LogP contribution < -0.4 is 5.32 Å². The summed E-state index contributed by atoms with van der Waals surface area (Å²) in [7, 11) is 5.35. The van der Waals surface area contributed by atoms with Crippen molar-refractivity contribution in [1.82, 2.24) is 15.1 Å². The molecule has 1 N–H and O–H groups in total. The van der Waals surface area contributed by atoms with Crippen LogP contribution in [0, 0.1) is 5.41 Å². The molecule has 0 radical (unpaired) electrons. The van der Waals surface area contributed by atoms with Gasteiger partial charge in [0.15, 0.2) is 5.96 Å². The Labute approximate surface area is 110 Å². The summed E-state index contributed by atoms with van der Waals surface area (Å²) in [5.41, 5.74) is 0.358. The van der Waals surface area contributed by atoms with E-state index in [1.807, 2.05) is 0 Å². The van der Waals surface area contributed by atoms with Gasteiger partial charge in [0, 0.05) is 47.2 Å². The monoisotopic (exact) mass is 254 g/mol. The van der Waals surface area contributed by atoms with Crippen LogP contribution in [0.5, 0.6) is 0 Å². The first-order chi connectivity index (χ1) is 8.35. The summed E-state index contributed by atoms with van der Waals surface area (Å²) in [6.07, 6.45) is 1.69. The number of carbonyl (C=O) groups excluding carboxylic acids is 1. The SMILES string of the molecule is CN=C(NCCC(=O)N(C)C)N1CCC(C)(C)C1. The second-order valence-electron chi connectivity index (χ2n) is 5.85. The number of carbonyl (C=O) groups is 1. The van der Waals surface area contributed by atoms with Crippen molar-refractivity contribution in [3.05, 3.63) is 0 Å². The number of likely N-dealkylation sites (tertiary alicyclic amines) is 1. The normalized spacial score (nSPS) is 18.9. The first-order valence-electron chi connectivity index (χ1n) is 6.51. The van der Waals surface area contributed by atoms with E-state index in [9.17, 15) is 4.79 Å². The van der Waals surface area contributed by atoms with Gasteiger partial charge in [-0.3, -0.25) is 9.79 Å². The molecule has 5 nitrogen and oxygen atoms in total. The van der Waals surface area contributed by atoms with Crippen molar-refractivity contribution in [1.29, 1.82) is 0 Å². The van der Waals surface area contributed by atoms with E-state index in [0.717, 1.165) is 19.0 Å². The highest BCUT2D eigenvalue weighted by molar-refractivity contribution is 5.81. The van der Waals surface area contributed by atoms with E-state index in [-0.39, 0.29) is 5.91 Å². The number of nitrogens with one attached hydrogen (secondary N) is 1. The zero-order chi connectivity index (χ0) is 13.8. The Morgan fingerprint density at radius 3 is 2.56 bits per heavy atom. The Hall–Kier alpha value is -1.26. The Morgan fingerprint density at radius 2 is 2.11 bits per heavy atom. The zero-order valence-electron chi connectivity index (χ0n) is 12.3. The smallest absolute Gasteiger partial charge is 0.223 e. The van der Waals surface area contributed by atoms with E-state index in [4.69, 9.17) is 0 Å². The average Bonchev–Trinajstić information content (AvgIpc) is 2.64. The highest BCUT2D eigenvalue weighted by atomic mass is 16.2. The van der Waals surface area contributed by atoms with Crippen LogP contribution >= 0.6 is 0 Å². The predicted octanol–water partition coefficient (Wildman–Crippen LogP) is 0.772. The second-order valence-corrected chi connectivity index (χ2v) is 5.85. The van der Waals surface area contributed by atoms with Crippen molar-refractivity contribution in [3.8, 4) is 0 Å². The zero-order valence-corrected chi connectivity index (χ0v) is 12.3. The fourth-order valence-electron chi connectivity index (χ4n) is 2.13. The number of hydrogen-bond acceptors (Lipinski definition) is 2. The molecular formula is C13H26N4O. The van der Waals surface area contributed by atoms with Gasteiger partial charge in [0.2, 0.25) is 5.91 Å². The maximum atomic E-state index is 11.5. The maximum absolute atomic E-state index is 11.5. The van der Waals surface area contributed by atoms with Crippen molar-refractivity contribution in [2.75, 3.05) is 40.8 Å². The molecule has 1 amide bonds. The van der Waals surface area contributed by atoms with Crippen LogP contribution in [0.2, 0.25) is 0 Å². The highest BCUT2D eigenvalue weighted by Crippen LogP contribution is 2.28. The number of nitrogens with zero attached hydrogens (tertiary/aromatic N) is 3. The van der Waals surface area contributed by atoms with Gasteiger partial charge in [-0.25, -0.2) is 0 Å². The average molecular weight is 254 g/mol. The summed E-state index contributed by atoms with van der Waals surface area (Å²) in [6.45, 7) is 7.24. The van der Waals surface area contributed by atoms with Crippen LogP contribution in [-0.4, -0.2) is 62.4 Å². The Bertz CT molecular complexity index is 323. The Kier molecular flexibility index (Phi) is 4.99. The molecule has 0 atom stereocenters. The number of hydrogen-bond donors (Lipinski definition) is 1. The molecule has 0 spiro atoms. The lowest BCUT2D eigenvalue weighted by Crippen LogP contribution is -2.42. The van der Waals surface area contributed by atoms with Gasteiger partial charge in [0.1, 0.15) is 0 Å². The Balaban J connectivity index is 2.38. The molecule has 0 aromatic heterocycles. The lowest BCUT2D eigenvalue weighted by molar-refractivity contribution is -0.128. The minimum atomic E-state index is 0.139. The lowest BCUT2D eigenvalue weighted by Gasteiger charge is -2.23.